The lowest BCUT2D eigenvalue weighted by Gasteiger charge is -2.19. The highest BCUT2D eigenvalue weighted by atomic mass is 16.4. The van der Waals surface area contributed by atoms with Crippen LogP contribution >= 0.6 is 0 Å². The van der Waals surface area contributed by atoms with Crippen LogP contribution in [0.1, 0.15) is 21.5 Å². The zero-order valence-corrected chi connectivity index (χ0v) is 13.3. The fraction of sp³-hybridized carbons (Fsp3) is 0.158. The molecule has 3 aromatic rings. The molecule has 0 bridgehead atoms. The SMILES string of the molecule is Cc1ccc(N(C)C(=O)c2coc(=O)c3ccccc23)cc1C. The van der Waals surface area contributed by atoms with Gasteiger partial charge >= 0.3 is 5.63 Å². The molecule has 0 fully saturated rings. The van der Waals surface area contributed by atoms with Gasteiger partial charge in [-0.1, -0.05) is 24.3 Å². The van der Waals surface area contributed by atoms with E-state index >= 15 is 0 Å². The molecular formula is C19H17NO3. The molecule has 0 aliphatic rings. The summed E-state index contributed by atoms with van der Waals surface area (Å²) in [5, 5.41) is 1.01. The van der Waals surface area contributed by atoms with Crippen LogP contribution in [-0.4, -0.2) is 13.0 Å². The van der Waals surface area contributed by atoms with Gasteiger partial charge in [-0.05, 0) is 43.2 Å². The van der Waals surface area contributed by atoms with E-state index in [9.17, 15) is 9.59 Å². The summed E-state index contributed by atoms with van der Waals surface area (Å²) in [5.74, 6) is -0.215. The molecule has 0 aliphatic carbocycles. The topological polar surface area (TPSA) is 50.5 Å². The molecule has 116 valence electrons. The quantitative estimate of drug-likeness (QED) is 0.725. The minimum atomic E-state index is -0.439. The van der Waals surface area contributed by atoms with Gasteiger partial charge in [-0.2, -0.15) is 0 Å². The number of aryl methyl sites for hydroxylation is 2. The minimum Gasteiger partial charge on any atom is -0.430 e. The zero-order valence-electron chi connectivity index (χ0n) is 13.3. The van der Waals surface area contributed by atoms with E-state index in [0.717, 1.165) is 11.3 Å². The summed E-state index contributed by atoms with van der Waals surface area (Å²) >= 11 is 0. The molecule has 0 atom stereocenters. The van der Waals surface area contributed by atoms with Crippen LogP contribution in [0, 0.1) is 13.8 Å². The molecular weight excluding hydrogens is 290 g/mol. The number of amides is 1. The van der Waals surface area contributed by atoms with Gasteiger partial charge in [0.25, 0.3) is 5.91 Å². The van der Waals surface area contributed by atoms with Gasteiger partial charge < -0.3 is 9.32 Å². The van der Waals surface area contributed by atoms with Crippen molar-refractivity contribution in [3.8, 4) is 0 Å². The molecule has 0 radical (unpaired) electrons. The Bertz CT molecular complexity index is 956. The third kappa shape index (κ3) is 2.63. The number of benzene rings is 2. The standard InChI is InChI=1S/C19H17NO3/c1-12-8-9-14(10-13(12)2)20(3)18(21)17-11-23-19(22)16-7-5-4-6-15(16)17/h4-11H,1-3H3. The Morgan fingerprint density at radius 1 is 1.00 bits per heavy atom. The molecule has 1 heterocycles. The Morgan fingerprint density at radius 2 is 1.70 bits per heavy atom. The fourth-order valence-electron chi connectivity index (χ4n) is 2.53. The van der Waals surface area contributed by atoms with E-state index in [4.69, 9.17) is 4.42 Å². The molecule has 0 aliphatic heterocycles. The number of hydrogen-bond donors (Lipinski definition) is 0. The van der Waals surface area contributed by atoms with Gasteiger partial charge in [0.15, 0.2) is 0 Å². The van der Waals surface area contributed by atoms with Gasteiger partial charge in [-0.25, -0.2) is 4.79 Å². The Morgan fingerprint density at radius 3 is 2.39 bits per heavy atom. The molecule has 0 N–H and O–H groups in total. The molecule has 2 aromatic carbocycles. The van der Waals surface area contributed by atoms with Crippen LogP contribution in [0.4, 0.5) is 5.69 Å². The molecule has 4 heteroatoms. The highest BCUT2D eigenvalue weighted by Gasteiger charge is 2.18. The van der Waals surface area contributed by atoms with E-state index in [1.165, 1.54) is 11.8 Å². The van der Waals surface area contributed by atoms with E-state index in [1.807, 2.05) is 32.0 Å². The van der Waals surface area contributed by atoms with Gasteiger partial charge in [0.2, 0.25) is 0 Å². The molecule has 23 heavy (non-hydrogen) atoms. The first-order valence-electron chi connectivity index (χ1n) is 7.35. The van der Waals surface area contributed by atoms with E-state index in [-0.39, 0.29) is 5.91 Å². The third-order valence-electron chi connectivity index (χ3n) is 4.13. The molecule has 1 amide bonds. The van der Waals surface area contributed by atoms with Gasteiger partial charge in [0.05, 0.1) is 10.9 Å². The summed E-state index contributed by atoms with van der Waals surface area (Å²) in [6, 6.07) is 12.8. The lowest BCUT2D eigenvalue weighted by atomic mass is 10.1. The summed E-state index contributed by atoms with van der Waals surface area (Å²) in [6.07, 6.45) is 1.24. The van der Waals surface area contributed by atoms with Crippen LogP contribution in [0.3, 0.4) is 0 Å². The van der Waals surface area contributed by atoms with Gasteiger partial charge in [0.1, 0.15) is 6.26 Å². The first-order valence-corrected chi connectivity index (χ1v) is 7.35. The van der Waals surface area contributed by atoms with Crippen molar-refractivity contribution < 1.29 is 9.21 Å². The number of nitrogens with zero attached hydrogens (tertiary/aromatic N) is 1. The first-order chi connectivity index (χ1) is 11.0. The van der Waals surface area contributed by atoms with Crippen LogP contribution < -0.4 is 10.5 Å². The van der Waals surface area contributed by atoms with Crippen LogP contribution in [0.5, 0.6) is 0 Å². The van der Waals surface area contributed by atoms with Crippen molar-refractivity contribution in [3.63, 3.8) is 0 Å². The van der Waals surface area contributed by atoms with Crippen LogP contribution in [0.15, 0.2) is 57.9 Å². The number of hydrogen-bond acceptors (Lipinski definition) is 3. The number of anilines is 1. The Labute approximate surface area is 134 Å². The van der Waals surface area contributed by atoms with Crippen molar-refractivity contribution in [2.24, 2.45) is 0 Å². The Hall–Kier alpha value is -2.88. The predicted molar refractivity (Wildman–Crippen MR) is 91.1 cm³/mol. The number of carbonyl (C=O) groups excluding carboxylic acids is 1. The average Bonchev–Trinajstić information content (AvgIpc) is 2.57. The number of rotatable bonds is 2. The normalized spacial score (nSPS) is 10.7. The molecule has 3 rings (SSSR count). The second-order valence-corrected chi connectivity index (χ2v) is 5.62. The van der Waals surface area contributed by atoms with Crippen molar-refractivity contribution in [1.29, 1.82) is 0 Å². The second kappa shape index (κ2) is 5.72. The van der Waals surface area contributed by atoms with Gasteiger partial charge in [-0.3, -0.25) is 4.79 Å². The summed E-state index contributed by atoms with van der Waals surface area (Å²) in [7, 11) is 1.71. The first kappa shape index (κ1) is 15.0. The largest absolute Gasteiger partial charge is 0.430 e. The smallest absolute Gasteiger partial charge is 0.343 e. The summed E-state index contributed by atoms with van der Waals surface area (Å²) < 4.78 is 5.02. The number of fused-ring (bicyclic) bond motifs is 1. The Balaban J connectivity index is 2.08. The second-order valence-electron chi connectivity index (χ2n) is 5.62. The highest BCUT2D eigenvalue weighted by Crippen LogP contribution is 2.22. The summed E-state index contributed by atoms with van der Waals surface area (Å²) in [5.41, 5.74) is 3.03. The summed E-state index contributed by atoms with van der Waals surface area (Å²) in [4.78, 5) is 26.2. The zero-order chi connectivity index (χ0) is 16.6. The van der Waals surface area contributed by atoms with E-state index in [1.54, 1.807) is 36.2 Å². The minimum absolute atomic E-state index is 0.215. The molecule has 0 spiro atoms. The predicted octanol–water partition coefficient (Wildman–Crippen LogP) is 3.69. The Kier molecular flexibility index (Phi) is 3.74. The molecule has 1 aromatic heterocycles. The number of carbonyl (C=O) groups is 1. The van der Waals surface area contributed by atoms with Crippen molar-refractivity contribution in [2.75, 3.05) is 11.9 Å². The fourth-order valence-corrected chi connectivity index (χ4v) is 2.53. The van der Waals surface area contributed by atoms with Gasteiger partial charge in [0, 0.05) is 18.1 Å². The van der Waals surface area contributed by atoms with E-state index < -0.39 is 5.63 Å². The molecule has 0 saturated carbocycles. The van der Waals surface area contributed by atoms with E-state index in [0.29, 0.717) is 16.3 Å². The van der Waals surface area contributed by atoms with Crippen molar-refractivity contribution in [2.45, 2.75) is 13.8 Å². The van der Waals surface area contributed by atoms with Crippen molar-refractivity contribution >= 4 is 22.4 Å². The average molecular weight is 307 g/mol. The lowest BCUT2D eigenvalue weighted by Crippen LogP contribution is -2.27. The van der Waals surface area contributed by atoms with Crippen molar-refractivity contribution in [3.05, 3.63) is 75.8 Å². The summed E-state index contributed by atoms with van der Waals surface area (Å²) in [6.45, 7) is 4.04. The highest BCUT2D eigenvalue weighted by molar-refractivity contribution is 6.13. The van der Waals surface area contributed by atoms with E-state index in [2.05, 4.69) is 0 Å². The van der Waals surface area contributed by atoms with Crippen LogP contribution in [-0.2, 0) is 0 Å². The molecule has 4 nitrogen and oxygen atoms in total. The monoisotopic (exact) mass is 307 g/mol. The molecule has 0 saturated heterocycles. The molecule has 0 unspecified atom stereocenters. The van der Waals surface area contributed by atoms with Crippen molar-refractivity contribution in [1.82, 2.24) is 0 Å². The maximum Gasteiger partial charge on any atom is 0.343 e. The maximum atomic E-state index is 12.8. The third-order valence-corrected chi connectivity index (χ3v) is 4.13. The lowest BCUT2D eigenvalue weighted by molar-refractivity contribution is 0.0992. The van der Waals surface area contributed by atoms with Gasteiger partial charge in [-0.15, -0.1) is 0 Å². The van der Waals surface area contributed by atoms with Crippen LogP contribution in [0.2, 0.25) is 0 Å². The maximum absolute atomic E-state index is 12.8. The van der Waals surface area contributed by atoms with Crippen LogP contribution in [0.25, 0.3) is 10.8 Å².